The van der Waals surface area contributed by atoms with E-state index in [9.17, 15) is 4.79 Å². The standard InChI is InChI=1S/C14H24N4O/c1-3-8-17-14(2,13(15)19)9-18-10-16-11-6-4-5-7-12(11)18/h10,17H,3-9H2,1-2H3,(H2,15,19). The van der Waals surface area contributed by atoms with Crippen LogP contribution in [-0.4, -0.2) is 27.5 Å². The number of carbonyl (C=O) groups is 1. The zero-order chi connectivity index (χ0) is 13.9. The number of primary amides is 1. The molecule has 0 aliphatic heterocycles. The van der Waals surface area contributed by atoms with Crippen molar-refractivity contribution in [3.05, 3.63) is 17.7 Å². The number of fused-ring (bicyclic) bond motifs is 1. The molecule has 1 aromatic heterocycles. The van der Waals surface area contributed by atoms with Crippen LogP contribution in [0, 0.1) is 0 Å². The van der Waals surface area contributed by atoms with Gasteiger partial charge in [-0.05, 0) is 45.6 Å². The lowest BCUT2D eigenvalue weighted by Gasteiger charge is -2.29. The first-order valence-corrected chi connectivity index (χ1v) is 7.14. The summed E-state index contributed by atoms with van der Waals surface area (Å²) in [5.74, 6) is -0.306. The molecule has 1 aromatic rings. The summed E-state index contributed by atoms with van der Waals surface area (Å²) < 4.78 is 2.10. The number of nitrogens with two attached hydrogens (primary N) is 1. The summed E-state index contributed by atoms with van der Waals surface area (Å²) in [6, 6.07) is 0. The second-order valence-electron chi connectivity index (χ2n) is 5.60. The first-order chi connectivity index (χ1) is 9.07. The summed E-state index contributed by atoms with van der Waals surface area (Å²) in [5, 5.41) is 3.27. The van der Waals surface area contributed by atoms with Crippen LogP contribution in [0.2, 0.25) is 0 Å². The normalized spacial score (nSPS) is 17.8. The summed E-state index contributed by atoms with van der Waals surface area (Å²) in [6.45, 7) is 5.30. The fraction of sp³-hybridized carbons (Fsp3) is 0.714. The summed E-state index contributed by atoms with van der Waals surface area (Å²) in [4.78, 5) is 16.2. The van der Waals surface area contributed by atoms with Crippen LogP contribution in [0.5, 0.6) is 0 Å². The molecular weight excluding hydrogens is 240 g/mol. The minimum Gasteiger partial charge on any atom is -0.368 e. The Kier molecular flexibility index (Phi) is 4.24. The molecular formula is C14H24N4O. The topological polar surface area (TPSA) is 72.9 Å². The van der Waals surface area contributed by atoms with Gasteiger partial charge < -0.3 is 15.6 Å². The average molecular weight is 264 g/mol. The Hall–Kier alpha value is -1.36. The van der Waals surface area contributed by atoms with Crippen LogP contribution in [0.4, 0.5) is 0 Å². The highest BCUT2D eigenvalue weighted by atomic mass is 16.1. The molecule has 0 radical (unpaired) electrons. The molecule has 19 heavy (non-hydrogen) atoms. The quantitative estimate of drug-likeness (QED) is 0.805. The molecule has 5 heteroatoms. The molecule has 1 aliphatic rings. The van der Waals surface area contributed by atoms with Gasteiger partial charge in [0.05, 0.1) is 18.6 Å². The number of rotatable bonds is 6. The first-order valence-electron chi connectivity index (χ1n) is 7.14. The third kappa shape index (κ3) is 2.97. The van der Waals surface area contributed by atoms with Crippen LogP contribution < -0.4 is 11.1 Å². The van der Waals surface area contributed by atoms with Gasteiger partial charge in [-0.1, -0.05) is 6.92 Å². The number of nitrogens with zero attached hydrogens (tertiary/aromatic N) is 2. The van der Waals surface area contributed by atoms with E-state index in [-0.39, 0.29) is 5.91 Å². The second-order valence-corrected chi connectivity index (χ2v) is 5.60. The number of hydrogen-bond donors (Lipinski definition) is 2. The van der Waals surface area contributed by atoms with E-state index in [1.165, 1.54) is 24.2 Å². The lowest BCUT2D eigenvalue weighted by Crippen LogP contribution is -2.56. The molecule has 5 nitrogen and oxygen atoms in total. The van der Waals surface area contributed by atoms with E-state index in [0.29, 0.717) is 6.54 Å². The Morgan fingerprint density at radius 3 is 2.95 bits per heavy atom. The van der Waals surface area contributed by atoms with Crippen molar-refractivity contribution in [1.29, 1.82) is 0 Å². The number of imidazole rings is 1. The van der Waals surface area contributed by atoms with Gasteiger partial charge in [0.1, 0.15) is 5.54 Å². The monoisotopic (exact) mass is 264 g/mol. The zero-order valence-corrected chi connectivity index (χ0v) is 11.9. The van der Waals surface area contributed by atoms with Crippen molar-refractivity contribution in [3.8, 4) is 0 Å². The van der Waals surface area contributed by atoms with Crippen molar-refractivity contribution >= 4 is 5.91 Å². The number of carbonyl (C=O) groups excluding carboxylic acids is 1. The van der Waals surface area contributed by atoms with E-state index in [2.05, 4.69) is 21.8 Å². The Morgan fingerprint density at radius 2 is 2.26 bits per heavy atom. The molecule has 1 amide bonds. The summed E-state index contributed by atoms with van der Waals surface area (Å²) in [7, 11) is 0. The van der Waals surface area contributed by atoms with Gasteiger partial charge in [0.15, 0.2) is 0 Å². The minimum absolute atomic E-state index is 0.306. The van der Waals surface area contributed by atoms with Crippen molar-refractivity contribution in [3.63, 3.8) is 0 Å². The lowest BCUT2D eigenvalue weighted by atomic mass is 9.98. The van der Waals surface area contributed by atoms with E-state index in [0.717, 1.165) is 25.8 Å². The second kappa shape index (κ2) is 5.74. The Bertz CT molecular complexity index is 454. The van der Waals surface area contributed by atoms with Gasteiger partial charge in [-0.15, -0.1) is 0 Å². The van der Waals surface area contributed by atoms with Crippen LogP contribution in [0.3, 0.4) is 0 Å². The third-order valence-corrected chi connectivity index (χ3v) is 3.91. The molecule has 2 rings (SSSR count). The predicted octanol–water partition coefficient (Wildman–Crippen LogP) is 1.01. The largest absolute Gasteiger partial charge is 0.368 e. The lowest BCUT2D eigenvalue weighted by molar-refractivity contribution is -0.124. The Morgan fingerprint density at radius 1 is 1.53 bits per heavy atom. The molecule has 0 bridgehead atoms. The van der Waals surface area contributed by atoms with Gasteiger partial charge >= 0.3 is 0 Å². The van der Waals surface area contributed by atoms with E-state index >= 15 is 0 Å². The van der Waals surface area contributed by atoms with Crippen molar-refractivity contribution in [2.75, 3.05) is 6.54 Å². The molecule has 0 saturated heterocycles. The first kappa shape index (κ1) is 14.1. The summed E-state index contributed by atoms with van der Waals surface area (Å²) in [5.41, 5.74) is 7.33. The maximum Gasteiger partial charge on any atom is 0.239 e. The van der Waals surface area contributed by atoms with Gasteiger partial charge in [-0.25, -0.2) is 4.98 Å². The van der Waals surface area contributed by atoms with E-state index in [1.54, 1.807) is 0 Å². The molecule has 0 fully saturated rings. The maximum atomic E-state index is 11.7. The SMILES string of the molecule is CCCNC(C)(Cn1cnc2c1CCCC2)C(N)=O. The van der Waals surface area contributed by atoms with Crippen LogP contribution in [0.1, 0.15) is 44.5 Å². The molecule has 106 valence electrons. The molecule has 0 aromatic carbocycles. The van der Waals surface area contributed by atoms with E-state index < -0.39 is 5.54 Å². The highest BCUT2D eigenvalue weighted by Gasteiger charge is 2.32. The smallest absolute Gasteiger partial charge is 0.239 e. The van der Waals surface area contributed by atoms with Crippen LogP contribution >= 0.6 is 0 Å². The molecule has 1 aliphatic carbocycles. The zero-order valence-electron chi connectivity index (χ0n) is 11.9. The molecule has 1 heterocycles. The van der Waals surface area contributed by atoms with Gasteiger partial charge in [0, 0.05) is 5.69 Å². The van der Waals surface area contributed by atoms with Crippen molar-refractivity contribution in [2.45, 2.75) is 58.0 Å². The Balaban J connectivity index is 2.17. The summed E-state index contributed by atoms with van der Waals surface area (Å²) in [6.07, 6.45) is 7.35. The summed E-state index contributed by atoms with van der Waals surface area (Å²) >= 11 is 0. The maximum absolute atomic E-state index is 11.7. The minimum atomic E-state index is -0.706. The average Bonchev–Trinajstić information content (AvgIpc) is 2.80. The van der Waals surface area contributed by atoms with Crippen LogP contribution in [-0.2, 0) is 24.2 Å². The predicted molar refractivity (Wildman–Crippen MR) is 74.8 cm³/mol. The molecule has 3 N–H and O–H groups in total. The van der Waals surface area contributed by atoms with Crippen LogP contribution in [0.25, 0.3) is 0 Å². The number of nitrogens with one attached hydrogen (secondary N) is 1. The van der Waals surface area contributed by atoms with Crippen molar-refractivity contribution in [1.82, 2.24) is 14.9 Å². The highest BCUT2D eigenvalue weighted by Crippen LogP contribution is 2.21. The van der Waals surface area contributed by atoms with Crippen molar-refractivity contribution in [2.24, 2.45) is 5.73 Å². The number of amides is 1. The highest BCUT2D eigenvalue weighted by molar-refractivity contribution is 5.84. The van der Waals surface area contributed by atoms with E-state index in [1.807, 2.05) is 13.3 Å². The van der Waals surface area contributed by atoms with Gasteiger partial charge in [0.2, 0.25) is 5.91 Å². The molecule has 0 saturated carbocycles. The van der Waals surface area contributed by atoms with Crippen LogP contribution in [0.15, 0.2) is 6.33 Å². The van der Waals surface area contributed by atoms with Gasteiger partial charge in [0.25, 0.3) is 0 Å². The molecule has 1 unspecified atom stereocenters. The fourth-order valence-corrected chi connectivity index (χ4v) is 2.63. The number of aryl methyl sites for hydroxylation is 1. The Labute approximate surface area is 114 Å². The number of hydrogen-bond acceptors (Lipinski definition) is 3. The van der Waals surface area contributed by atoms with Gasteiger partial charge in [-0.3, -0.25) is 4.79 Å². The fourth-order valence-electron chi connectivity index (χ4n) is 2.63. The molecule has 1 atom stereocenters. The van der Waals surface area contributed by atoms with E-state index in [4.69, 9.17) is 5.73 Å². The third-order valence-electron chi connectivity index (χ3n) is 3.91. The molecule has 0 spiro atoms. The van der Waals surface area contributed by atoms with Crippen molar-refractivity contribution < 1.29 is 4.79 Å². The number of aromatic nitrogens is 2. The van der Waals surface area contributed by atoms with Gasteiger partial charge in [-0.2, -0.15) is 0 Å².